The molecule has 1 unspecified atom stereocenters. The molecule has 1 atom stereocenters. The Bertz CT molecular complexity index is 1480. The second-order valence-corrected chi connectivity index (χ2v) is 8.55. The summed E-state index contributed by atoms with van der Waals surface area (Å²) in [6.07, 6.45) is 1.98. The molecule has 174 valence electrons. The van der Waals surface area contributed by atoms with Gasteiger partial charge in [-0.05, 0) is 30.3 Å². The molecule has 6 rings (SSSR count). The van der Waals surface area contributed by atoms with Crippen LogP contribution in [-0.4, -0.2) is 50.3 Å². The maximum Gasteiger partial charge on any atom is 0.260 e. The van der Waals surface area contributed by atoms with Crippen LogP contribution in [0.4, 0.5) is 5.69 Å². The van der Waals surface area contributed by atoms with Crippen molar-refractivity contribution in [3.8, 4) is 0 Å². The van der Waals surface area contributed by atoms with Crippen LogP contribution in [0.15, 0.2) is 72.9 Å². The Hall–Kier alpha value is -4.53. The second kappa shape index (κ2) is 8.35. The normalized spacial score (nSPS) is 16.3. The Balaban J connectivity index is 1.17. The van der Waals surface area contributed by atoms with E-state index in [1.807, 2.05) is 53.1 Å². The minimum absolute atomic E-state index is 0.120. The van der Waals surface area contributed by atoms with Crippen LogP contribution >= 0.6 is 0 Å². The van der Waals surface area contributed by atoms with E-state index in [1.165, 1.54) is 0 Å². The van der Waals surface area contributed by atoms with E-state index in [2.05, 4.69) is 15.5 Å². The van der Waals surface area contributed by atoms with E-state index in [1.54, 1.807) is 34.1 Å². The number of anilines is 1. The highest BCUT2D eigenvalue weighted by Crippen LogP contribution is 2.45. The van der Waals surface area contributed by atoms with Gasteiger partial charge in [0.25, 0.3) is 11.8 Å². The molecule has 2 aromatic carbocycles. The highest BCUT2D eigenvalue weighted by Gasteiger charge is 2.47. The van der Waals surface area contributed by atoms with Crippen LogP contribution in [0, 0.1) is 0 Å². The molecular formula is C26H22N6O3. The zero-order chi connectivity index (χ0) is 23.9. The standard InChI is InChI=1S/C26H22N6O3/c33-23(27-14-12-22-29-28-21-11-5-6-15-30(21)22)13-16-31-24-17-7-1-2-8-18(17)26(35)32(24)20-10-4-3-9-19(20)25(31)34/h1-11,15,24H,12-14,16H2,(H,27,33). The van der Waals surface area contributed by atoms with E-state index < -0.39 is 6.17 Å². The summed E-state index contributed by atoms with van der Waals surface area (Å²) in [6.45, 7) is 0.595. The molecule has 0 fully saturated rings. The molecule has 1 N–H and O–H groups in total. The number of carbonyl (C=O) groups is 3. The zero-order valence-corrected chi connectivity index (χ0v) is 18.8. The first-order chi connectivity index (χ1) is 17.1. The number of nitrogens with one attached hydrogen (secondary N) is 1. The summed E-state index contributed by atoms with van der Waals surface area (Å²) in [4.78, 5) is 42.6. The lowest BCUT2D eigenvalue weighted by atomic mass is 10.0. The van der Waals surface area contributed by atoms with Gasteiger partial charge in [0, 0.05) is 43.3 Å². The van der Waals surface area contributed by atoms with Crippen molar-refractivity contribution in [2.45, 2.75) is 19.0 Å². The number of aromatic nitrogens is 3. The Kier molecular flexibility index (Phi) is 5.02. The molecule has 35 heavy (non-hydrogen) atoms. The number of hydrogen-bond donors (Lipinski definition) is 1. The van der Waals surface area contributed by atoms with Crippen molar-refractivity contribution in [1.82, 2.24) is 24.8 Å². The van der Waals surface area contributed by atoms with Crippen LogP contribution in [0.2, 0.25) is 0 Å². The van der Waals surface area contributed by atoms with Crippen molar-refractivity contribution in [1.29, 1.82) is 0 Å². The van der Waals surface area contributed by atoms with Crippen LogP contribution < -0.4 is 10.2 Å². The lowest BCUT2D eigenvalue weighted by molar-refractivity contribution is -0.121. The predicted octanol–water partition coefficient (Wildman–Crippen LogP) is 2.59. The molecule has 0 spiro atoms. The maximum atomic E-state index is 13.4. The summed E-state index contributed by atoms with van der Waals surface area (Å²) >= 11 is 0. The van der Waals surface area contributed by atoms with Gasteiger partial charge in [0.2, 0.25) is 5.91 Å². The number of carbonyl (C=O) groups excluding carboxylic acids is 3. The lowest BCUT2D eigenvalue weighted by Gasteiger charge is -2.40. The summed E-state index contributed by atoms with van der Waals surface area (Å²) in [7, 11) is 0. The average molecular weight is 467 g/mol. The van der Waals surface area contributed by atoms with Gasteiger partial charge in [-0.3, -0.25) is 23.7 Å². The summed E-state index contributed by atoms with van der Waals surface area (Å²) in [5, 5.41) is 11.2. The van der Waals surface area contributed by atoms with Crippen LogP contribution in [0.25, 0.3) is 5.65 Å². The molecule has 0 saturated heterocycles. The Morgan fingerprint density at radius 2 is 1.66 bits per heavy atom. The molecule has 2 aliphatic rings. The second-order valence-electron chi connectivity index (χ2n) is 8.55. The third-order valence-corrected chi connectivity index (χ3v) is 6.52. The zero-order valence-electron chi connectivity index (χ0n) is 18.8. The third-order valence-electron chi connectivity index (χ3n) is 6.52. The van der Waals surface area contributed by atoms with Gasteiger partial charge in [0.1, 0.15) is 12.0 Å². The molecule has 0 bridgehead atoms. The number of amides is 3. The topological polar surface area (TPSA) is 99.9 Å². The Morgan fingerprint density at radius 3 is 2.54 bits per heavy atom. The van der Waals surface area contributed by atoms with Crippen molar-refractivity contribution in [3.63, 3.8) is 0 Å². The van der Waals surface area contributed by atoms with Gasteiger partial charge in [-0.2, -0.15) is 0 Å². The van der Waals surface area contributed by atoms with E-state index in [0.29, 0.717) is 29.8 Å². The van der Waals surface area contributed by atoms with Gasteiger partial charge >= 0.3 is 0 Å². The lowest BCUT2D eigenvalue weighted by Crippen LogP contribution is -2.49. The van der Waals surface area contributed by atoms with E-state index in [0.717, 1.165) is 17.0 Å². The highest BCUT2D eigenvalue weighted by molar-refractivity contribution is 6.16. The molecule has 4 heterocycles. The van der Waals surface area contributed by atoms with Crippen molar-refractivity contribution in [3.05, 3.63) is 95.4 Å². The van der Waals surface area contributed by atoms with Gasteiger partial charge in [0.05, 0.1) is 11.3 Å². The minimum atomic E-state index is -0.559. The smallest absolute Gasteiger partial charge is 0.260 e. The molecule has 0 aliphatic carbocycles. The fourth-order valence-corrected chi connectivity index (χ4v) is 4.88. The van der Waals surface area contributed by atoms with Gasteiger partial charge < -0.3 is 10.2 Å². The first-order valence-corrected chi connectivity index (χ1v) is 11.5. The summed E-state index contributed by atoms with van der Waals surface area (Å²) < 4.78 is 1.89. The first-order valence-electron chi connectivity index (χ1n) is 11.5. The highest BCUT2D eigenvalue weighted by atomic mass is 16.2. The molecule has 2 aromatic heterocycles. The molecule has 2 aliphatic heterocycles. The molecular weight excluding hydrogens is 444 g/mol. The van der Waals surface area contributed by atoms with E-state index >= 15 is 0 Å². The summed E-state index contributed by atoms with van der Waals surface area (Å²) in [5.41, 5.74) is 3.18. The van der Waals surface area contributed by atoms with Gasteiger partial charge in [-0.1, -0.05) is 36.4 Å². The van der Waals surface area contributed by atoms with Crippen molar-refractivity contribution in [2.24, 2.45) is 0 Å². The number of hydrogen-bond acceptors (Lipinski definition) is 5. The molecule has 3 amide bonds. The number of rotatable bonds is 6. The van der Waals surface area contributed by atoms with Gasteiger partial charge in [0.15, 0.2) is 5.65 Å². The van der Waals surface area contributed by atoms with Crippen molar-refractivity contribution in [2.75, 3.05) is 18.0 Å². The van der Waals surface area contributed by atoms with Crippen LogP contribution in [-0.2, 0) is 11.2 Å². The van der Waals surface area contributed by atoms with Crippen molar-refractivity contribution < 1.29 is 14.4 Å². The van der Waals surface area contributed by atoms with E-state index in [9.17, 15) is 14.4 Å². The first kappa shape index (κ1) is 21.0. The molecule has 0 radical (unpaired) electrons. The number of fused-ring (bicyclic) bond motifs is 6. The summed E-state index contributed by atoms with van der Waals surface area (Å²) in [5.74, 6) is 0.268. The number of pyridine rings is 1. The molecule has 9 nitrogen and oxygen atoms in total. The van der Waals surface area contributed by atoms with E-state index in [-0.39, 0.29) is 30.7 Å². The Morgan fingerprint density at radius 1 is 0.886 bits per heavy atom. The summed E-state index contributed by atoms with van der Waals surface area (Å²) in [6, 6.07) is 20.1. The number of benzene rings is 2. The SMILES string of the molecule is O=C(CCN1C(=O)c2ccccc2N2C(=O)c3ccccc3C12)NCCc1nnc2ccccn12. The minimum Gasteiger partial charge on any atom is -0.356 e. The maximum absolute atomic E-state index is 13.4. The third kappa shape index (κ3) is 3.43. The fraction of sp³-hybridized carbons (Fsp3) is 0.192. The molecule has 0 saturated carbocycles. The van der Waals surface area contributed by atoms with Crippen LogP contribution in [0.1, 0.15) is 44.7 Å². The average Bonchev–Trinajstić information content (AvgIpc) is 3.43. The van der Waals surface area contributed by atoms with E-state index in [4.69, 9.17) is 0 Å². The molecule has 4 aromatic rings. The monoisotopic (exact) mass is 466 g/mol. The predicted molar refractivity (Wildman–Crippen MR) is 128 cm³/mol. The van der Waals surface area contributed by atoms with Gasteiger partial charge in [-0.25, -0.2) is 0 Å². The number of nitrogens with zero attached hydrogens (tertiary/aromatic N) is 5. The quantitative estimate of drug-likeness (QED) is 0.471. The van der Waals surface area contributed by atoms with Crippen LogP contribution in [0.5, 0.6) is 0 Å². The Labute approximate surface area is 201 Å². The molecule has 9 heteroatoms. The van der Waals surface area contributed by atoms with Crippen molar-refractivity contribution >= 4 is 29.1 Å². The fourth-order valence-electron chi connectivity index (χ4n) is 4.88. The largest absolute Gasteiger partial charge is 0.356 e. The number of para-hydroxylation sites is 1. The van der Waals surface area contributed by atoms with Crippen LogP contribution in [0.3, 0.4) is 0 Å². The van der Waals surface area contributed by atoms with Gasteiger partial charge in [-0.15, -0.1) is 10.2 Å².